The van der Waals surface area contributed by atoms with Gasteiger partial charge >= 0.3 is 0 Å². The van der Waals surface area contributed by atoms with Crippen LogP contribution in [0.1, 0.15) is 62.8 Å². The van der Waals surface area contributed by atoms with Crippen molar-refractivity contribution in [1.82, 2.24) is 10.2 Å². The summed E-state index contributed by atoms with van der Waals surface area (Å²) in [6.07, 6.45) is 9.65. The van der Waals surface area contributed by atoms with E-state index in [1.807, 2.05) is 11.3 Å². The van der Waals surface area contributed by atoms with Crippen LogP contribution >= 0.6 is 11.3 Å². The normalized spacial score (nSPS) is 23.7. The Morgan fingerprint density at radius 3 is 2.62 bits per heavy atom. The first kappa shape index (κ1) is 15.5. The van der Waals surface area contributed by atoms with Gasteiger partial charge in [-0.05, 0) is 69.1 Å². The number of piperidine rings is 1. The summed E-state index contributed by atoms with van der Waals surface area (Å²) >= 11 is 1.94. The Bertz CT molecular complexity index is 389. The summed E-state index contributed by atoms with van der Waals surface area (Å²) in [5, 5.41) is 6.29. The van der Waals surface area contributed by atoms with Crippen LogP contribution < -0.4 is 5.32 Å². The van der Waals surface area contributed by atoms with Crippen molar-refractivity contribution >= 4 is 11.3 Å². The summed E-state index contributed by atoms with van der Waals surface area (Å²) in [6, 6.07) is 5.90. The zero-order chi connectivity index (χ0) is 14.5. The molecule has 21 heavy (non-hydrogen) atoms. The minimum absolute atomic E-state index is 0.621. The zero-order valence-corrected chi connectivity index (χ0v) is 14.2. The van der Waals surface area contributed by atoms with Gasteiger partial charge in [-0.2, -0.15) is 0 Å². The summed E-state index contributed by atoms with van der Waals surface area (Å²) in [7, 11) is 0. The first-order valence-electron chi connectivity index (χ1n) is 8.88. The molecule has 1 aliphatic heterocycles. The maximum atomic E-state index is 4.05. The van der Waals surface area contributed by atoms with Crippen molar-refractivity contribution in [2.75, 3.05) is 19.6 Å². The van der Waals surface area contributed by atoms with Crippen LogP contribution in [0.3, 0.4) is 0 Å². The summed E-state index contributed by atoms with van der Waals surface area (Å²) in [6.45, 7) is 6.14. The molecule has 0 aromatic carbocycles. The highest BCUT2D eigenvalue weighted by molar-refractivity contribution is 7.10. The molecule has 1 atom stereocenters. The third-order valence-electron chi connectivity index (χ3n) is 5.26. The van der Waals surface area contributed by atoms with Gasteiger partial charge in [-0.1, -0.05) is 25.8 Å². The maximum absolute atomic E-state index is 4.05. The molecule has 1 saturated heterocycles. The van der Waals surface area contributed by atoms with Crippen molar-refractivity contribution in [3.05, 3.63) is 22.4 Å². The highest BCUT2D eigenvalue weighted by Crippen LogP contribution is 2.38. The van der Waals surface area contributed by atoms with Gasteiger partial charge in [0.05, 0.1) is 0 Å². The van der Waals surface area contributed by atoms with E-state index in [1.54, 1.807) is 4.88 Å². The molecule has 2 aliphatic rings. The van der Waals surface area contributed by atoms with E-state index in [2.05, 4.69) is 34.7 Å². The van der Waals surface area contributed by atoms with Crippen LogP contribution in [0.4, 0.5) is 0 Å². The van der Waals surface area contributed by atoms with Crippen LogP contribution in [0, 0.1) is 5.92 Å². The molecule has 3 rings (SSSR count). The van der Waals surface area contributed by atoms with Gasteiger partial charge in [0.2, 0.25) is 0 Å². The molecule has 1 unspecified atom stereocenters. The second-order valence-electron chi connectivity index (χ2n) is 6.82. The van der Waals surface area contributed by atoms with Crippen LogP contribution in [0.2, 0.25) is 0 Å². The van der Waals surface area contributed by atoms with Gasteiger partial charge in [-0.15, -0.1) is 11.3 Å². The van der Waals surface area contributed by atoms with Crippen LogP contribution in [-0.4, -0.2) is 30.6 Å². The van der Waals surface area contributed by atoms with E-state index in [9.17, 15) is 0 Å². The Morgan fingerprint density at radius 2 is 2.00 bits per heavy atom. The molecule has 2 nitrogen and oxygen atoms in total. The highest BCUT2D eigenvalue weighted by Gasteiger charge is 2.30. The number of nitrogens with one attached hydrogen (secondary N) is 1. The maximum Gasteiger partial charge on any atom is 0.0445 e. The third-order valence-corrected chi connectivity index (χ3v) is 6.22. The molecule has 1 aromatic rings. The average Bonchev–Trinajstić information content (AvgIpc) is 3.20. The number of hydrogen-bond acceptors (Lipinski definition) is 3. The molecule has 0 radical (unpaired) electrons. The number of nitrogens with zero attached hydrogens (tertiary/aromatic N) is 1. The summed E-state index contributed by atoms with van der Waals surface area (Å²) in [5.41, 5.74) is 0. The minimum Gasteiger partial charge on any atom is -0.306 e. The topological polar surface area (TPSA) is 15.3 Å². The van der Waals surface area contributed by atoms with Gasteiger partial charge in [0, 0.05) is 17.0 Å². The molecule has 2 heterocycles. The van der Waals surface area contributed by atoms with Gasteiger partial charge in [0.1, 0.15) is 0 Å². The van der Waals surface area contributed by atoms with E-state index in [4.69, 9.17) is 0 Å². The fourth-order valence-electron chi connectivity index (χ4n) is 4.10. The van der Waals surface area contributed by atoms with Crippen LogP contribution in [0.15, 0.2) is 17.5 Å². The Kier molecular flexibility index (Phi) is 5.73. The molecule has 0 amide bonds. The van der Waals surface area contributed by atoms with E-state index < -0.39 is 0 Å². The molecule has 1 aliphatic carbocycles. The van der Waals surface area contributed by atoms with Gasteiger partial charge < -0.3 is 10.2 Å². The lowest BCUT2D eigenvalue weighted by molar-refractivity contribution is 0.182. The quantitative estimate of drug-likeness (QED) is 0.835. The minimum atomic E-state index is 0.621. The molecular formula is C18H30N2S. The number of rotatable bonds is 6. The molecule has 118 valence electrons. The van der Waals surface area contributed by atoms with Crippen molar-refractivity contribution in [2.45, 2.75) is 64.0 Å². The van der Waals surface area contributed by atoms with E-state index in [0.717, 1.165) is 12.0 Å². The van der Waals surface area contributed by atoms with Gasteiger partial charge in [-0.3, -0.25) is 0 Å². The molecule has 1 N–H and O–H groups in total. The molecule has 1 saturated carbocycles. The van der Waals surface area contributed by atoms with Crippen molar-refractivity contribution in [1.29, 1.82) is 0 Å². The van der Waals surface area contributed by atoms with Crippen LogP contribution in [0.25, 0.3) is 0 Å². The lowest BCUT2D eigenvalue weighted by atomic mass is 9.94. The zero-order valence-electron chi connectivity index (χ0n) is 13.4. The fourth-order valence-corrected chi connectivity index (χ4v) is 4.98. The van der Waals surface area contributed by atoms with Crippen molar-refractivity contribution in [3.63, 3.8) is 0 Å². The van der Waals surface area contributed by atoms with Crippen molar-refractivity contribution in [3.8, 4) is 0 Å². The van der Waals surface area contributed by atoms with Crippen molar-refractivity contribution in [2.24, 2.45) is 5.92 Å². The molecule has 3 heteroatoms. The summed E-state index contributed by atoms with van der Waals surface area (Å²) in [5.74, 6) is 0.873. The average molecular weight is 307 g/mol. The predicted octanol–water partition coefficient (Wildman–Crippen LogP) is 4.44. The number of thiophene rings is 1. The Morgan fingerprint density at radius 1 is 1.24 bits per heavy atom. The fraction of sp³-hybridized carbons (Fsp3) is 0.778. The van der Waals surface area contributed by atoms with E-state index >= 15 is 0 Å². The molecule has 1 aromatic heterocycles. The van der Waals surface area contributed by atoms with E-state index in [-0.39, 0.29) is 0 Å². The smallest absolute Gasteiger partial charge is 0.0445 e. The standard InChI is InChI=1S/C18H30N2S/c1-2-11-20-12-9-16(10-13-20)19-18(15-6-3-4-7-15)17-8-5-14-21-17/h5,8,14-16,18-19H,2-4,6-7,9-13H2,1H3. The molecule has 0 spiro atoms. The highest BCUT2D eigenvalue weighted by atomic mass is 32.1. The molecule has 2 fully saturated rings. The van der Waals surface area contributed by atoms with Gasteiger partial charge in [0.25, 0.3) is 0 Å². The summed E-state index contributed by atoms with van der Waals surface area (Å²) < 4.78 is 0. The van der Waals surface area contributed by atoms with Crippen molar-refractivity contribution < 1.29 is 0 Å². The monoisotopic (exact) mass is 306 g/mol. The SMILES string of the molecule is CCCN1CCC(NC(c2cccs2)C2CCCC2)CC1. The predicted molar refractivity (Wildman–Crippen MR) is 91.9 cm³/mol. The molecular weight excluding hydrogens is 276 g/mol. The number of hydrogen-bond donors (Lipinski definition) is 1. The van der Waals surface area contributed by atoms with Crippen LogP contribution in [-0.2, 0) is 0 Å². The Hall–Kier alpha value is -0.380. The second kappa shape index (κ2) is 7.75. The second-order valence-corrected chi connectivity index (χ2v) is 7.80. The lowest BCUT2D eigenvalue weighted by Crippen LogP contribution is -2.44. The van der Waals surface area contributed by atoms with Gasteiger partial charge in [0.15, 0.2) is 0 Å². The molecule has 0 bridgehead atoms. The lowest BCUT2D eigenvalue weighted by Gasteiger charge is -2.36. The van der Waals surface area contributed by atoms with Gasteiger partial charge in [-0.25, -0.2) is 0 Å². The first-order valence-corrected chi connectivity index (χ1v) is 9.76. The van der Waals surface area contributed by atoms with E-state index in [0.29, 0.717) is 6.04 Å². The van der Waals surface area contributed by atoms with E-state index in [1.165, 1.54) is 64.6 Å². The largest absolute Gasteiger partial charge is 0.306 e. The van der Waals surface area contributed by atoms with Crippen LogP contribution in [0.5, 0.6) is 0 Å². The Labute approximate surface area is 133 Å². The third kappa shape index (κ3) is 4.08. The first-order chi connectivity index (χ1) is 10.4. The Balaban J connectivity index is 1.57. The number of likely N-dealkylation sites (tertiary alicyclic amines) is 1. The summed E-state index contributed by atoms with van der Waals surface area (Å²) in [4.78, 5) is 4.20.